The van der Waals surface area contributed by atoms with E-state index in [1.54, 1.807) is 20.8 Å². The second kappa shape index (κ2) is 6.72. The smallest absolute Gasteiger partial charge is 0.326 e. The Morgan fingerprint density at radius 2 is 1.63 bits per heavy atom. The lowest BCUT2D eigenvalue weighted by molar-refractivity contribution is -0.147. The van der Waals surface area contributed by atoms with Gasteiger partial charge < -0.3 is 20.8 Å². The molecule has 108 valence electrons. The highest BCUT2D eigenvalue weighted by atomic mass is 16.4. The maximum atomic E-state index is 11.5. The van der Waals surface area contributed by atoms with Crippen LogP contribution in [0.5, 0.6) is 0 Å². The third-order valence-corrected chi connectivity index (χ3v) is 2.10. The van der Waals surface area contributed by atoms with Crippen LogP contribution in [0.2, 0.25) is 0 Å². The Morgan fingerprint density at radius 3 is 2.00 bits per heavy atom. The van der Waals surface area contributed by atoms with Gasteiger partial charge in [0.05, 0.1) is 13.0 Å². The molecular formula is C11H18N2O6. The zero-order chi connectivity index (χ0) is 15.2. The highest BCUT2D eigenvalue weighted by molar-refractivity contribution is 5.90. The Morgan fingerprint density at radius 1 is 1.11 bits per heavy atom. The largest absolute Gasteiger partial charge is 0.481 e. The maximum absolute atomic E-state index is 11.5. The lowest BCUT2D eigenvalue weighted by Gasteiger charge is -2.18. The Labute approximate surface area is 110 Å². The number of carboxylic acids is 2. The van der Waals surface area contributed by atoms with Crippen LogP contribution in [0.3, 0.4) is 0 Å². The molecule has 0 saturated heterocycles. The summed E-state index contributed by atoms with van der Waals surface area (Å²) < 4.78 is 0. The van der Waals surface area contributed by atoms with Crippen molar-refractivity contribution in [3.63, 3.8) is 0 Å². The van der Waals surface area contributed by atoms with Crippen molar-refractivity contribution in [2.45, 2.75) is 33.2 Å². The fraction of sp³-hybridized carbons (Fsp3) is 0.636. The highest BCUT2D eigenvalue weighted by Crippen LogP contribution is 2.11. The number of carboxylic acid groups (broad SMARTS) is 2. The van der Waals surface area contributed by atoms with Crippen molar-refractivity contribution >= 4 is 23.8 Å². The van der Waals surface area contributed by atoms with Crippen molar-refractivity contribution in [2.24, 2.45) is 5.41 Å². The van der Waals surface area contributed by atoms with Crippen molar-refractivity contribution in [1.29, 1.82) is 0 Å². The average molecular weight is 274 g/mol. The van der Waals surface area contributed by atoms with E-state index in [4.69, 9.17) is 10.2 Å². The van der Waals surface area contributed by atoms with Gasteiger partial charge in [-0.3, -0.25) is 14.4 Å². The molecule has 0 spiro atoms. The summed E-state index contributed by atoms with van der Waals surface area (Å²) in [6.07, 6.45) is -0.728. The van der Waals surface area contributed by atoms with E-state index in [0.717, 1.165) is 0 Å². The van der Waals surface area contributed by atoms with Crippen molar-refractivity contribution in [1.82, 2.24) is 10.6 Å². The minimum Gasteiger partial charge on any atom is -0.481 e. The van der Waals surface area contributed by atoms with Gasteiger partial charge in [0.25, 0.3) is 0 Å². The quantitative estimate of drug-likeness (QED) is 0.501. The van der Waals surface area contributed by atoms with Gasteiger partial charge in [-0.2, -0.15) is 0 Å². The lowest BCUT2D eigenvalue weighted by atomic mass is 9.96. The van der Waals surface area contributed by atoms with Gasteiger partial charge in [0.1, 0.15) is 6.04 Å². The minimum absolute atomic E-state index is 0.368. The highest BCUT2D eigenvalue weighted by Gasteiger charge is 2.25. The molecule has 0 fully saturated rings. The molecule has 0 aromatic heterocycles. The number of hydrogen-bond acceptors (Lipinski definition) is 4. The van der Waals surface area contributed by atoms with E-state index in [2.05, 4.69) is 5.32 Å². The van der Waals surface area contributed by atoms with Crippen molar-refractivity contribution in [3.05, 3.63) is 0 Å². The summed E-state index contributed by atoms with van der Waals surface area (Å²) in [4.78, 5) is 44.0. The van der Waals surface area contributed by atoms with E-state index in [1.807, 2.05) is 5.32 Å². The van der Waals surface area contributed by atoms with Gasteiger partial charge in [0.2, 0.25) is 11.8 Å². The number of hydrogen-bond donors (Lipinski definition) is 4. The van der Waals surface area contributed by atoms with E-state index < -0.39 is 42.3 Å². The molecule has 0 saturated carbocycles. The van der Waals surface area contributed by atoms with Crippen LogP contribution in [0.1, 0.15) is 27.2 Å². The van der Waals surface area contributed by atoms with Gasteiger partial charge >= 0.3 is 11.9 Å². The van der Waals surface area contributed by atoms with Crippen LogP contribution in [0.15, 0.2) is 0 Å². The summed E-state index contributed by atoms with van der Waals surface area (Å²) in [7, 11) is 0. The number of carbonyl (C=O) groups excluding carboxylic acids is 2. The predicted molar refractivity (Wildman–Crippen MR) is 64.3 cm³/mol. The molecule has 8 nitrogen and oxygen atoms in total. The Hall–Kier alpha value is -2.12. The molecule has 0 aliphatic heterocycles. The summed E-state index contributed by atoms with van der Waals surface area (Å²) in [5.74, 6) is -3.91. The molecule has 0 bridgehead atoms. The minimum atomic E-state index is -1.52. The number of rotatable bonds is 6. The van der Waals surface area contributed by atoms with Crippen LogP contribution < -0.4 is 10.6 Å². The van der Waals surface area contributed by atoms with Crippen LogP contribution in [-0.4, -0.2) is 46.6 Å². The van der Waals surface area contributed by atoms with E-state index in [9.17, 15) is 19.2 Å². The molecule has 0 heterocycles. The second-order valence-corrected chi connectivity index (χ2v) is 4.99. The van der Waals surface area contributed by atoms with Gasteiger partial charge in [0, 0.05) is 5.41 Å². The van der Waals surface area contributed by atoms with Crippen LogP contribution in [0.25, 0.3) is 0 Å². The number of carbonyl (C=O) groups is 4. The molecule has 0 aromatic rings. The lowest BCUT2D eigenvalue weighted by Crippen LogP contribution is -2.47. The van der Waals surface area contributed by atoms with Gasteiger partial charge in [-0.15, -0.1) is 0 Å². The molecule has 0 unspecified atom stereocenters. The van der Waals surface area contributed by atoms with Crippen LogP contribution >= 0.6 is 0 Å². The standard InChI is InChI=1S/C11H18N2O6/c1-11(2,3)10(19)12-5-7(14)13-6(9(17)18)4-8(15)16/h6H,4-5H2,1-3H3,(H,12,19)(H,13,14)(H,15,16)(H,17,18)/t6-/m0/s1. The Balaban J connectivity index is 4.32. The summed E-state index contributed by atoms with van der Waals surface area (Å²) in [6.45, 7) is 4.57. The molecule has 0 radical (unpaired) electrons. The molecule has 8 heteroatoms. The van der Waals surface area contributed by atoms with Gasteiger partial charge in [0.15, 0.2) is 0 Å². The summed E-state index contributed by atoms with van der Waals surface area (Å²) in [5.41, 5.74) is -0.673. The number of nitrogens with one attached hydrogen (secondary N) is 2. The third-order valence-electron chi connectivity index (χ3n) is 2.10. The zero-order valence-electron chi connectivity index (χ0n) is 11.0. The van der Waals surface area contributed by atoms with Crippen molar-refractivity contribution in [2.75, 3.05) is 6.54 Å². The topological polar surface area (TPSA) is 133 Å². The Kier molecular flexibility index (Phi) is 5.97. The Bertz CT molecular complexity index is 385. The zero-order valence-corrected chi connectivity index (χ0v) is 11.0. The normalized spacial score (nSPS) is 12.4. The molecule has 19 heavy (non-hydrogen) atoms. The van der Waals surface area contributed by atoms with Crippen LogP contribution in [0, 0.1) is 5.41 Å². The molecule has 0 aliphatic carbocycles. The van der Waals surface area contributed by atoms with E-state index in [1.165, 1.54) is 0 Å². The van der Waals surface area contributed by atoms with Gasteiger partial charge in [-0.1, -0.05) is 20.8 Å². The number of aliphatic carboxylic acids is 2. The van der Waals surface area contributed by atoms with Crippen molar-refractivity contribution in [3.8, 4) is 0 Å². The average Bonchev–Trinajstić information content (AvgIpc) is 2.22. The third kappa shape index (κ3) is 7.02. The summed E-state index contributed by atoms with van der Waals surface area (Å²) in [5, 5.41) is 21.5. The second-order valence-electron chi connectivity index (χ2n) is 4.99. The first-order valence-corrected chi connectivity index (χ1v) is 5.56. The first kappa shape index (κ1) is 16.9. The molecule has 4 N–H and O–H groups in total. The summed E-state index contributed by atoms with van der Waals surface area (Å²) in [6, 6.07) is -1.52. The first-order valence-electron chi connectivity index (χ1n) is 5.56. The summed E-state index contributed by atoms with van der Waals surface area (Å²) >= 11 is 0. The molecule has 2 amide bonds. The SMILES string of the molecule is CC(C)(C)C(=O)NCC(=O)N[C@@H](CC(=O)O)C(=O)O. The maximum Gasteiger partial charge on any atom is 0.326 e. The van der Waals surface area contributed by atoms with Gasteiger partial charge in [-0.05, 0) is 0 Å². The monoisotopic (exact) mass is 274 g/mol. The van der Waals surface area contributed by atoms with E-state index >= 15 is 0 Å². The molecule has 1 atom stereocenters. The first-order chi connectivity index (χ1) is 8.54. The fourth-order valence-electron chi connectivity index (χ4n) is 1.05. The molecular weight excluding hydrogens is 256 g/mol. The fourth-order valence-corrected chi connectivity index (χ4v) is 1.05. The van der Waals surface area contributed by atoms with Crippen LogP contribution in [0.4, 0.5) is 0 Å². The predicted octanol–water partition coefficient (Wildman–Crippen LogP) is -0.807. The van der Waals surface area contributed by atoms with Gasteiger partial charge in [-0.25, -0.2) is 4.79 Å². The van der Waals surface area contributed by atoms with Crippen molar-refractivity contribution < 1.29 is 29.4 Å². The van der Waals surface area contributed by atoms with Crippen LogP contribution in [-0.2, 0) is 19.2 Å². The molecule has 0 rings (SSSR count). The molecule has 0 aromatic carbocycles. The van der Waals surface area contributed by atoms with E-state index in [-0.39, 0.29) is 5.91 Å². The number of amides is 2. The molecule has 0 aliphatic rings. The van der Waals surface area contributed by atoms with E-state index in [0.29, 0.717) is 0 Å².